The van der Waals surface area contributed by atoms with Gasteiger partial charge >= 0.3 is 0 Å². The van der Waals surface area contributed by atoms with E-state index >= 15 is 0 Å². The molecule has 2 rings (SSSR count). The second-order valence-corrected chi connectivity index (χ2v) is 7.60. The zero-order valence-corrected chi connectivity index (χ0v) is 14.7. The smallest absolute Gasteiger partial charge is 0.230 e. The van der Waals surface area contributed by atoms with Gasteiger partial charge in [-0.2, -0.15) is 0 Å². The molecule has 0 saturated carbocycles. The summed E-state index contributed by atoms with van der Waals surface area (Å²) in [4.78, 5) is 14.1. The lowest BCUT2D eigenvalue weighted by atomic mass is 10.0. The fourth-order valence-electron chi connectivity index (χ4n) is 1.97. The Hall–Kier alpha value is -1.04. The Morgan fingerprint density at radius 2 is 2.18 bits per heavy atom. The SMILES string of the molecule is CC(C)C(NC(=O)CSc1ccc(F)c(Cl)c1)c1cccs1. The van der Waals surface area contributed by atoms with Crippen LogP contribution in [0.1, 0.15) is 24.8 Å². The lowest BCUT2D eigenvalue weighted by Gasteiger charge is -2.21. The van der Waals surface area contributed by atoms with Crippen molar-refractivity contribution in [1.82, 2.24) is 5.32 Å². The van der Waals surface area contributed by atoms with Crippen molar-refractivity contribution in [3.8, 4) is 0 Å². The minimum atomic E-state index is -0.451. The Labute approximate surface area is 143 Å². The average molecular weight is 358 g/mol. The summed E-state index contributed by atoms with van der Waals surface area (Å²) in [6.07, 6.45) is 0. The number of hydrogen-bond donors (Lipinski definition) is 1. The molecule has 1 aromatic carbocycles. The van der Waals surface area contributed by atoms with E-state index < -0.39 is 5.82 Å². The first-order valence-corrected chi connectivity index (χ1v) is 9.12. The number of thioether (sulfide) groups is 1. The zero-order chi connectivity index (χ0) is 16.1. The summed E-state index contributed by atoms with van der Waals surface area (Å²) in [5, 5.41) is 5.14. The minimum Gasteiger partial charge on any atom is -0.347 e. The summed E-state index contributed by atoms with van der Waals surface area (Å²) in [5.74, 6) is 0.0924. The van der Waals surface area contributed by atoms with Crippen LogP contribution in [0.15, 0.2) is 40.6 Å². The molecule has 1 aromatic heterocycles. The molecule has 0 bridgehead atoms. The first-order chi connectivity index (χ1) is 10.5. The van der Waals surface area contributed by atoms with Crippen LogP contribution in [0, 0.1) is 11.7 Å². The third-order valence-corrected chi connectivity index (χ3v) is 5.33. The third kappa shape index (κ3) is 4.73. The van der Waals surface area contributed by atoms with E-state index in [9.17, 15) is 9.18 Å². The summed E-state index contributed by atoms with van der Waals surface area (Å²) in [6, 6.07) is 8.50. The molecule has 0 saturated heterocycles. The fourth-order valence-corrected chi connectivity index (χ4v) is 3.91. The standard InChI is InChI=1S/C16H17ClFNOS2/c1-10(2)16(14-4-3-7-21-14)19-15(20)9-22-11-5-6-13(18)12(17)8-11/h3-8,10,16H,9H2,1-2H3,(H,19,20). The molecule has 0 spiro atoms. The van der Waals surface area contributed by atoms with Crippen LogP contribution in [-0.2, 0) is 4.79 Å². The molecule has 1 N–H and O–H groups in total. The number of carbonyl (C=O) groups excluding carboxylic acids is 1. The van der Waals surface area contributed by atoms with Crippen molar-refractivity contribution >= 4 is 40.6 Å². The summed E-state index contributed by atoms with van der Waals surface area (Å²) >= 11 is 8.72. The van der Waals surface area contributed by atoms with Gasteiger partial charge in [-0.25, -0.2) is 4.39 Å². The summed E-state index contributed by atoms with van der Waals surface area (Å²) < 4.78 is 13.1. The van der Waals surface area contributed by atoms with Crippen LogP contribution in [-0.4, -0.2) is 11.7 Å². The third-order valence-electron chi connectivity index (χ3n) is 3.09. The molecule has 1 heterocycles. The molecule has 2 nitrogen and oxygen atoms in total. The largest absolute Gasteiger partial charge is 0.347 e. The van der Waals surface area contributed by atoms with Crippen LogP contribution in [0.25, 0.3) is 0 Å². The molecule has 2 aromatic rings. The van der Waals surface area contributed by atoms with Gasteiger partial charge in [-0.05, 0) is 35.6 Å². The molecule has 0 fully saturated rings. The summed E-state index contributed by atoms with van der Waals surface area (Å²) in [5.41, 5.74) is 0. The van der Waals surface area contributed by atoms with Gasteiger partial charge in [0.25, 0.3) is 0 Å². The van der Waals surface area contributed by atoms with Crippen molar-refractivity contribution in [2.45, 2.75) is 24.8 Å². The Bertz CT molecular complexity index is 631. The van der Waals surface area contributed by atoms with Gasteiger partial charge < -0.3 is 5.32 Å². The van der Waals surface area contributed by atoms with E-state index in [1.807, 2.05) is 17.5 Å². The maximum atomic E-state index is 13.1. The number of amides is 1. The van der Waals surface area contributed by atoms with Gasteiger partial charge in [0.1, 0.15) is 5.82 Å². The van der Waals surface area contributed by atoms with E-state index in [2.05, 4.69) is 19.2 Å². The number of nitrogens with one attached hydrogen (secondary N) is 1. The number of benzene rings is 1. The Morgan fingerprint density at radius 1 is 1.41 bits per heavy atom. The van der Waals surface area contributed by atoms with Gasteiger partial charge in [0.05, 0.1) is 16.8 Å². The second-order valence-electron chi connectivity index (χ2n) is 5.17. The minimum absolute atomic E-state index is 0.0184. The van der Waals surface area contributed by atoms with Gasteiger partial charge in [-0.15, -0.1) is 23.1 Å². The monoisotopic (exact) mass is 357 g/mol. The molecule has 1 amide bonds. The molecule has 22 heavy (non-hydrogen) atoms. The van der Waals surface area contributed by atoms with E-state index in [0.717, 1.165) is 9.77 Å². The Kier molecular flexibility index (Phi) is 6.29. The predicted octanol–water partition coefficient (Wildman–Crippen LogP) is 5.15. The second kappa shape index (κ2) is 7.99. The van der Waals surface area contributed by atoms with Gasteiger partial charge in [-0.1, -0.05) is 31.5 Å². The number of thiophene rings is 1. The topological polar surface area (TPSA) is 29.1 Å². The molecule has 1 atom stereocenters. The van der Waals surface area contributed by atoms with Crippen molar-refractivity contribution in [2.24, 2.45) is 5.92 Å². The van der Waals surface area contributed by atoms with Crippen LogP contribution >= 0.6 is 34.7 Å². The van der Waals surface area contributed by atoms with Gasteiger partial charge in [0.2, 0.25) is 5.91 Å². The van der Waals surface area contributed by atoms with E-state index in [0.29, 0.717) is 5.92 Å². The molecule has 1 unspecified atom stereocenters. The average Bonchev–Trinajstić information content (AvgIpc) is 2.99. The highest BCUT2D eigenvalue weighted by molar-refractivity contribution is 8.00. The number of rotatable bonds is 6. The Balaban J connectivity index is 1.92. The maximum Gasteiger partial charge on any atom is 0.230 e. The fraction of sp³-hybridized carbons (Fsp3) is 0.312. The van der Waals surface area contributed by atoms with Crippen molar-refractivity contribution in [3.05, 3.63) is 51.4 Å². The first-order valence-electron chi connectivity index (χ1n) is 6.88. The van der Waals surface area contributed by atoms with Crippen molar-refractivity contribution in [3.63, 3.8) is 0 Å². The van der Waals surface area contributed by atoms with Crippen LogP contribution < -0.4 is 5.32 Å². The molecule has 0 radical (unpaired) electrons. The predicted molar refractivity (Wildman–Crippen MR) is 92.2 cm³/mol. The maximum absolute atomic E-state index is 13.1. The van der Waals surface area contributed by atoms with Crippen molar-refractivity contribution in [2.75, 3.05) is 5.75 Å². The lowest BCUT2D eigenvalue weighted by molar-refractivity contribution is -0.119. The first kappa shape index (κ1) is 17.3. The van der Waals surface area contributed by atoms with Crippen LogP contribution in [0.4, 0.5) is 4.39 Å². The molecule has 0 aliphatic carbocycles. The summed E-state index contributed by atoms with van der Waals surface area (Å²) in [6.45, 7) is 4.16. The molecule has 118 valence electrons. The van der Waals surface area contributed by atoms with E-state index in [1.54, 1.807) is 17.4 Å². The highest BCUT2D eigenvalue weighted by Crippen LogP contribution is 2.27. The van der Waals surface area contributed by atoms with Gasteiger partial charge in [-0.3, -0.25) is 4.79 Å². The quantitative estimate of drug-likeness (QED) is 0.724. The number of halogens is 2. The molecular weight excluding hydrogens is 341 g/mol. The van der Waals surface area contributed by atoms with Crippen LogP contribution in [0.5, 0.6) is 0 Å². The van der Waals surface area contributed by atoms with Crippen molar-refractivity contribution in [1.29, 1.82) is 0 Å². The van der Waals surface area contributed by atoms with Crippen molar-refractivity contribution < 1.29 is 9.18 Å². The van der Waals surface area contributed by atoms with E-state index in [-0.39, 0.29) is 22.7 Å². The molecular formula is C16H17ClFNOS2. The molecule has 0 aliphatic rings. The Morgan fingerprint density at radius 3 is 2.77 bits per heavy atom. The highest BCUT2D eigenvalue weighted by atomic mass is 35.5. The zero-order valence-electron chi connectivity index (χ0n) is 12.3. The molecule has 0 aliphatic heterocycles. The summed E-state index contributed by atoms with van der Waals surface area (Å²) in [7, 11) is 0. The van der Waals surface area contributed by atoms with E-state index in [4.69, 9.17) is 11.6 Å². The lowest BCUT2D eigenvalue weighted by Crippen LogP contribution is -2.32. The van der Waals surface area contributed by atoms with Gasteiger partial charge in [0.15, 0.2) is 0 Å². The van der Waals surface area contributed by atoms with Crippen LogP contribution in [0.3, 0.4) is 0 Å². The van der Waals surface area contributed by atoms with Gasteiger partial charge in [0, 0.05) is 9.77 Å². The van der Waals surface area contributed by atoms with Crippen LogP contribution in [0.2, 0.25) is 5.02 Å². The number of hydrogen-bond acceptors (Lipinski definition) is 3. The normalized spacial score (nSPS) is 12.4. The van der Waals surface area contributed by atoms with E-state index in [1.165, 1.54) is 23.9 Å². The highest BCUT2D eigenvalue weighted by Gasteiger charge is 2.19. The number of carbonyl (C=O) groups is 1. The molecule has 6 heteroatoms.